The summed E-state index contributed by atoms with van der Waals surface area (Å²) in [5.41, 5.74) is 3.35. The fraction of sp³-hybridized carbons (Fsp3) is 0.478. The molecule has 154 valence electrons. The number of amides is 1. The number of aryl methyl sites for hydroxylation is 1. The summed E-state index contributed by atoms with van der Waals surface area (Å²) in [5.74, 6) is -0.298. The van der Waals surface area contributed by atoms with E-state index >= 15 is 0 Å². The Labute approximate surface area is 177 Å². The van der Waals surface area contributed by atoms with Crippen LogP contribution in [-0.4, -0.2) is 35.0 Å². The summed E-state index contributed by atoms with van der Waals surface area (Å²) in [5, 5.41) is 14.7. The van der Waals surface area contributed by atoms with E-state index < -0.39 is 0 Å². The molecule has 1 atom stereocenters. The van der Waals surface area contributed by atoms with Crippen molar-refractivity contribution >= 4 is 23.3 Å². The number of carbonyl (C=O) groups excluding carboxylic acids is 1. The number of rotatable bonds is 8. The first-order valence-electron chi connectivity index (χ1n) is 10.4. The van der Waals surface area contributed by atoms with Crippen molar-refractivity contribution in [2.75, 3.05) is 19.6 Å². The van der Waals surface area contributed by atoms with Gasteiger partial charge in [-0.25, -0.2) is 0 Å². The van der Waals surface area contributed by atoms with Crippen LogP contribution in [0.3, 0.4) is 0 Å². The summed E-state index contributed by atoms with van der Waals surface area (Å²) in [6, 6.07) is 8.50. The maximum atomic E-state index is 12.8. The van der Waals surface area contributed by atoms with Crippen LogP contribution < -0.4 is 5.32 Å². The van der Waals surface area contributed by atoms with Gasteiger partial charge in [0.2, 0.25) is 0 Å². The Balaban J connectivity index is 1.73. The van der Waals surface area contributed by atoms with Crippen LogP contribution in [0.4, 0.5) is 0 Å². The molecule has 3 heterocycles. The predicted molar refractivity (Wildman–Crippen MR) is 119 cm³/mol. The minimum absolute atomic E-state index is 0.160. The van der Waals surface area contributed by atoms with Gasteiger partial charge in [-0.15, -0.1) is 11.3 Å². The number of nitrogens with zero attached hydrogens (tertiary/aromatic N) is 3. The van der Waals surface area contributed by atoms with Crippen LogP contribution >= 0.6 is 11.3 Å². The highest BCUT2D eigenvalue weighted by molar-refractivity contribution is 7.10. The van der Waals surface area contributed by atoms with Crippen molar-refractivity contribution in [2.45, 2.75) is 52.6 Å². The van der Waals surface area contributed by atoms with Crippen LogP contribution in [0.25, 0.3) is 6.08 Å². The monoisotopic (exact) mass is 410 g/mol. The van der Waals surface area contributed by atoms with Crippen molar-refractivity contribution in [1.29, 1.82) is 5.26 Å². The van der Waals surface area contributed by atoms with E-state index in [4.69, 9.17) is 0 Å². The molecule has 1 unspecified atom stereocenters. The molecule has 0 aliphatic carbocycles. The summed E-state index contributed by atoms with van der Waals surface area (Å²) in [7, 11) is 0. The second kappa shape index (κ2) is 9.91. The maximum absolute atomic E-state index is 12.8. The average molecular weight is 411 g/mol. The minimum Gasteiger partial charge on any atom is -0.349 e. The number of nitriles is 1. The molecule has 0 saturated carbocycles. The van der Waals surface area contributed by atoms with Crippen molar-refractivity contribution in [3.05, 3.63) is 51.0 Å². The number of likely N-dealkylation sites (tertiary alicyclic amines) is 1. The zero-order chi connectivity index (χ0) is 20.8. The number of aromatic nitrogens is 1. The molecule has 0 radical (unpaired) electrons. The Morgan fingerprint density at radius 1 is 1.38 bits per heavy atom. The summed E-state index contributed by atoms with van der Waals surface area (Å²) in [6.45, 7) is 9.83. The normalized spacial score (nSPS) is 16.0. The molecule has 1 fully saturated rings. The summed E-state index contributed by atoms with van der Waals surface area (Å²) >= 11 is 1.72. The first-order chi connectivity index (χ1) is 14.0. The Kier molecular flexibility index (Phi) is 7.29. The average Bonchev–Trinajstić information content (AvgIpc) is 3.46. The lowest BCUT2D eigenvalue weighted by molar-refractivity contribution is -0.117. The highest BCUT2D eigenvalue weighted by atomic mass is 32.1. The maximum Gasteiger partial charge on any atom is 0.262 e. The van der Waals surface area contributed by atoms with Gasteiger partial charge >= 0.3 is 0 Å². The van der Waals surface area contributed by atoms with Crippen LogP contribution in [-0.2, 0) is 11.3 Å². The highest BCUT2D eigenvalue weighted by Crippen LogP contribution is 2.28. The molecule has 5 nitrogen and oxygen atoms in total. The van der Waals surface area contributed by atoms with E-state index in [9.17, 15) is 10.1 Å². The smallest absolute Gasteiger partial charge is 0.262 e. The van der Waals surface area contributed by atoms with Gasteiger partial charge < -0.3 is 9.88 Å². The van der Waals surface area contributed by atoms with Gasteiger partial charge in [0.1, 0.15) is 11.6 Å². The molecule has 2 aromatic rings. The molecular weight excluding hydrogens is 380 g/mol. The number of carbonyl (C=O) groups is 1. The van der Waals surface area contributed by atoms with Crippen molar-refractivity contribution < 1.29 is 4.79 Å². The van der Waals surface area contributed by atoms with Gasteiger partial charge in [-0.2, -0.15) is 5.26 Å². The zero-order valence-electron chi connectivity index (χ0n) is 17.6. The lowest BCUT2D eigenvalue weighted by atomic mass is 10.1. The van der Waals surface area contributed by atoms with Crippen molar-refractivity contribution in [3.8, 4) is 6.07 Å². The third-order valence-electron chi connectivity index (χ3n) is 5.63. The molecule has 1 amide bonds. The Morgan fingerprint density at radius 3 is 2.76 bits per heavy atom. The fourth-order valence-electron chi connectivity index (χ4n) is 4.07. The fourth-order valence-corrected chi connectivity index (χ4v) is 4.93. The second-order valence-electron chi connectivity index (χ2n) is 7.63. The molecule has 6 heteroatoms. The third-order valence-corrected chi connectivity index (χ3v) is 6.61. The van der Waals surface area contributed by atoms with E-state index in [0.717, 1.165) is 43.0 Å². The molecule has 29 heavy (non-hydrogen) atoms. The van der Waals surface area contributed by atoms with Crippen LogP contribution in [0.15, 0.2) is 29.2 Å². The Bertz CT molecular complexity index is 898. The molecule has 1 saturated heterocycles. The van der Waals surface area contributed by atoms with Gasteiger partial charge in [-0.3, -0.25) is 9.69 Å². The van der Waals surface area contributed by atoms with Crippen LogP contribution in [0.2, 0.25) is 0 Å². The van der Waals surface area contributed by atoms with Crippen molar-refractivity contribution in [3.63, 3.8) is 0 Å². The van der Waals surface area contributed by atoms with E-state index in [0.29, 0.717) is 6.54 Å². The number of hydrogen-bond donors (Lipinski definition) is 1. The van der Waals surface area contributed by atoms with E-state index in [1.54, 1.807) is 17.4 Å². The zero-order valence-corrected chi connectivity index (χ0v) is 18.4. The number of hydrogen-bond acceptors (Lipinski definition) is 4. The molecule has 0 aromatic carbocycles. The molecule has 1 aliphatic rings. The first-order valence-corrected chi connectivity index (χ1v) is 11.3. The SMILES string of the molecule is CCCn1c(C)cc(/C=C(\C#N)C(=O)NCC(c2cccs2)N2CCCC2)c1C. The van der Waals surface area contributed by atoms with Crippen molar-refractivity contribution in [1.82, 2.24) is 14.8 Å². The van der Waals surface area contributed by atoms with E-state index in [1.165, 1.54) is 17.7 Å². The number of thiophene rings is 1. The third kappa shape index (κ3) is 4.98. The van der Waals surface area contributed by atoms with Gasteiger partial charge in [0, 0.05) is 29.4 Å². The van der Waals surface area contributed by atoms with E-state index in [1.807, 2.05) is 13.0 Å². The highest BCUT2D eigenvalue weighted by Gasteiger charge is 2.25. The quantitative estimate of drug-likeness (QED) is 0.517. The van der Waals surface area contributed by atoms with Gasteiger partial charge in [-0.05, 0) is 75.4 Å². The Hall–Kier alpha value is -2.36. The van der Waals surface area contributed by atoms with E-state index in [-0.39, 0.29) is 17.5 Å². The standard InChI is InChI=1S/C23H30N4OS/c1-4-9-27-17(2)13-19(18(27)3)14-20(15-24)23(28)25-16-21(22-8-7-12-29-22)26-10-5-6-11-26/h7-8,12-14,21H,4-6,9-11,16H2,1-3H3,(H,25,28)/b20-14+. The minimum atomic E-state index is -0.298. The second-order valence-corrected chi connectivity index (χ2v) is 8.61. The Morgan fingerprint density at radius 2 is 2.14 bits per heavy atom. The molecule has 3 rings (SSSR count). The summed E-state index contributed by atoms with van der Waals surface area (Å²) in [4.78, 5) is 16.5. The van der Waals surface area contributed by atoms with Gasteiger partial charge in [0.15, 0.2) is 0 Å². The van der Waals surface area contributed by atoms with Gasteiger partial charge in [-0.1, -0.05) is 13.0 Å². The summed E-state index contributed by atoms with van der Waals surface area (Å²) in [6.07, 6.45) is 5.17. The van der Waals surface area contributed by atoms with Crippen LogP contribution in [0.1, 0.15) is 54.1 Å². The molecule has 0 spiro atoms. The summed E-state index contributed by atoms with van der Waals surface area (Å²) < 4.78 is 2.24. The molecular formula is C23H30N4OS. The van der Waals surface area contributed by atoms with Gasteiger partial charge in [0.25, 0.3) is 5.91 Å². The number of nitrogens with one attached hydrogen (secondary N) is 1. The van der Waals surface area contributed by atoms with Gasteiger partial charge in [0.05, 0.1) is 6.04 Å². The van der Waals surface area contributed by atoms with Crippen LogP contribution in [0.5, 0.6) is 0 Å². The first kappa shape index (κ1) is 21.4. The topological polar surface area (TPSA) is 61.1 Å². The lowest BCUT2D eigenvalue weighted by Crippen LogP contribution is -2.36. The molecule has 1 N–H and O–H groups in total. The molecule has 1 aliphatic heterocycles. The molecule has 0 bridgehead atoms. The largest absolute Gasteiger partial charge is 0.349 e. The lowest BCUT2D eigenvalue weighted by Gasteiger charge is -2.26. The van der Waals surface area contributed by atoms with Crippen LogP contribution in [0, 0.1) is 25.2 Å². The van der Waals surface area contributed by atoms with Crippen molar-refractivity contribution in [2.24, 2.45) is 0 Å². The predicted octanol–water partition coefficient (Wildman–Crippen LogP) is 4.44. The molecule has 2 aromatic heterocycles. The van der Waals surface area contributed by atoms with E-state index in [2.05, 4.69) is 52.2 Å².